The second kappa shape index (κ2) is 10.5. The minimum absolute atomic E-state index is 0.0189. The van der Waals surface area contributed by atoms with Gasteiger partial charge >= 0.3 is 12.1 Å². The predicted molar refractivity (Wildman–Crippen MR) is 124 cm³/mol. The molecule has 1 atom stereocenters. The predicted octanol–water partition coefficient (Wildman–Crippen LogP) is 4.06. The first-order valence-electron chi connectivity index (χ1n) is 11.6. The van der Waals surface area contributed by atoms with E-state index in [9.17, 15) is 14.4 Å². The van der Waals surface area contributed by atoms with Crippen LogP contribution in [0.15, 0.2) is 48.5 Å². The van der Waals surface area contributed by atoms with Gasteiger partial charge in [-0.2, -0.15) is 0 Å². The minimum Gasteiger partial charge on any atom is -0.481 e. The Morgan fingerprint density at radius 2 is 1.58 bits per heavy atom. The number of carboxylic acids is 1. The molecule has 0 radical (unpaired) electrons. The number of amides is 2. The summed E-state index contributed by atoms with van der Waals surface area (Å²) in [6.07, 6.45) is 3.46. The van der Waals surface area contributed by atoms with Gasteiger partial charge < -0.3 is 20.5 Å². The van der Waals surface area contributed by atoms with Crippen LogP contribution in [0.25, 0.3) is 11.1 Å². The first-order chi connectivity index (χ1) is 16.0. The maximum absolute atomic E-state index is 12.3. The third kappa shape index (κ3) is 5.53. The summed E-state index contributed by atoms with van der Waals surface area (Å²) in [6.45, 7) is 0.349. The lowest BCUT2D eigenvalue weighted by atomic mass is 9.95. The number of ether oxygens (including phenoxy) is 1. The van der Waals surface area contributed by atoms with E-state index in [4.69, 9.17) is 9.84 Å². The maximum atomic E-state index is 12.3. The molecule has 2 aliphatic carbocycles. The first-order valence-corrected chi connectivity index (χ1v) is 11.6. The van der Waals surface area contributed by atoms with Gasteiger partial charge in [0.2, 0.25) is 5.91 Å². The Hall–Kier alpha value is -3.35. The Kier molecular flexibility index (Phi) is 7.27. The van der Waals surface area contributed by atoms with Crippen LogP contribution in [0.4, 0.5) is 4.79 Å². The van der Waals surface area contributed by atoms with E-state index >= 15 is 0 Å². The molecule has 0 heterocycles. The zero-order chi connectivity index (χ0) is 23.2. The molecule has 2 amide bonds. The van der Waals surface area contributed by atoms with E-state index in [2.05, 4.69) is 34.9 Å². The largest absolute Gasteiger partial charge is 0.481 e. The van der Waals surface area contributed by atoms with Gasteiger partial charge in [-0.1, -0.05) is 61.4 Å². The summed E-state index contributed by atoms with van der Waals surface area (Å²) in [5.41, 5.74) is 4.61. The van der Waals surface area contributed by atoms with Crippen molar-refractivity contribution in [3.8, 4) is 11.1 Å². The van der Waals surface area contributed by atoms with Crippen LogP contribution in [0.1, 0.15) is 55.6 Å². The summed E-state index contributed by atoms with van der Waals surface area (Å²) in [7, 11) is 0. The van der Waals surface area contributed by atoms with Gasteiger partial charge in [-0.3, -0.25) is 9.59 Å². The Morgan fingerprint density at radius 1 is 0.970 bits per heavy atom. The fourth-order valence-corrected chi connectivity index (χ4v) is 5.09. The van der Waals surface area contributed by atoms with Crippen LogP contribution < -0.4 is 10.6 Å². The van der Waals surface area contributed by atoms with Crippen molar-refractivity contribution in [3.63, 3.8) is 0 Å². The summed E-state index contributed by atoms with van der Waals surface area (Å²) >= 11 is 0. The average molecular weight is 451 g/mol. The van der Waals surface area contributed by atoms with Gasteiger partial charge in [0, 0.05) is 24.9 Å². The highest BCUT2D eigenvalue weighted by atomic mass is 16.5. The summed E-state index contributed by atoms with van der Waals surface area (Å²) < 4.78 is 5.48. The average Bonchev–Trinajstić information content (AvgIpc) is 3.44. The topological polar surface area (TPSA) is 105 Å². The van der Waals surface area contributed by atoms with Crippen LogP contribution in [0, 0.1) is 5.92 Å². The molecule has 1 unspecified atom stereocenters. The lowest BCUT2D eigenvalue weighted by Crippen LogP contribution is -2.42. The van der Waals surface area contributed by atoms with Crippen molar-refractivity contribution in [1.82, 2.24) is 10.6 Å². The number of aliphatic carboxylic acids is 1. The van der Waals surface area contributed by atoms with Gasteiger partial charge in [-0.15, -0.1) is 0 Å². The third-order valence-corrected chi connectivity index (χ3v) is 6.67. The van der Waals surface area contributed by atoms with Crippen LogP contribution >= 0.6 is 0 Å². The number of carbonyl (C=O) groups excluding carboxylic acids is 2. The van der Waals surface area contributed by atoms with Crippen molar-refractivity contribution in [1.29, 1.82) is 0 Å². The maximum Gasteiger partial charge on any atom is 0.407 e. The van der Waals surface area contributed by atoms with E-state index in [-0.39, 0.29) is 49.8 Å². The number of nitrogens with one attached hydrogen (secondary N) is 2. The number of hydrogen-bond donors (Lipinski definition) is 3. The van der Waals surface area contributed by atoms with Gasteiger partial charge in [0.25, 0.3) is 0 Å². The monoisotopic (exact) mass is 450 g/mol. The van der Waals surface area contributed by atoms with Crippen LogP contribution in [0.2, 0.25) is 0 Å². The molecule has 0 spiro atoms. The number of carbonyl (C=O) groups is 3. The third-order valence-electron chi connectivity index (χ3n) is 6.67. The number of benzene rings is 2. The summed E-state index contributed by atoms with van der Waals surface area (Å²) in [5, 5.41) is 14.6. The van der Waals surface area contributed by atoms with Gasteiger partial charge in [0.05, 0.1) is 6.42 Å². The van der Waals surface area contributed by atoms with Crippen molar-refractivity contribution in [3.05, 3.63) is 59.7 Å². The smallest absolute Gasteiger partial charge is 0.407 e. The van der Waals surface area contributed by atoms with E-state index in [0.29, 0.717) is 0 Å². The molecule has 4 rings (SSSR count). The highest BCUT2D eigenvalue weighted by molar-refractivity contribution is 5.80. The summed E-state index contributed by atoms with van der Waals surface area (Å²) in [4.78, 5) is 35.7. The summed E-state index contributed by atoms with van der Waals surface area (Å²) in [5.74, 6) is -0.981. The quantitative estimate of drug-likeness (QED) is 0.534. The van der Waals surface area contributed by atoms with Crippen molar-refractivity contribution >= 4 is 18.0 Å². The van der Waals surface area contributed by atoms with Crippen LogP contribution in [-0.4, -0.2) is 42.3 Å². The van der Waals surface area contributed by atoms with Gasteiger partial charge in [-0.25, -0.2) is 4.79 Å². The number of alkyl carbamates (subject to hydrolysis) is 1. The molecular formula is C26H30N2O5. The molecule has 1 fully saturated rings. The molecule has 0 bridgehead atoms. The van der Waals surface area contributed by atoms with Crippen LogP contribution in [0.3, 0.4) is 0 Å². The standard InChI is InChI=1S/C26H30N2O5/c29-24(28-23(15-25(30)31)17-7-1-2-8-17)13-14-27-26(32)33-16-22-20-11-5-3-9-18(20)19-10-4-6-12-21(19)22/h3-6,9-12,17,22-23H,1-2,7-8,13-16H2,(H,27,32)(H,28,29)(H,30,31). The van der Waals surface area contributed by atoms with Gasteiger partial charge in [-0.05, 0) is 41.0 Å². The Morgan fingerprint density at radius 3 is 2.18 bits per heavy atom. The van der Waals surface area contributed by atoms with E-state index in [0.717, 1.165) is 47.9 Å². The molecule has 2 aromatic carbocycles. The Balaban J connectivity index is 1.24. The number of hydrogen-bond acceptors (Lipinski definition) is 4. The highest BCUT2D eigenvalue weighted by Gasteiger charge is 2.30. The fourth-order valence-electron chi connectivity index (χ4n) is 5.09. The molecule has 0 aromatic heterocycles. The van der Waals surface area contributed by atoms with Crippen molar-refractivity contribution in [2.24, 2.45) is 5.92 Å². The van der Waals surface area contributed by atoms with E-state index < -0.39 is 12.1 Å². The molecule has 33 heavy (non-hydrogen) atoms. The van der Waals surface area contributed by atoms with E-state index in [1.54, 1.807) is 0 Å². The second-order valence-electron chi connectivity index (χ2n) is 8.82. The minimum atomic E-state index is -0.913. The summed E-state index contributed by atoms with van der Waals surface area (Å²) in [6, 6.07) is 15.9. The molecule has 2 aromatic rings. The molecule has 0 saturated heterocycles. The van der Waals surface area contributed by atoms with Gasteiger partial charge in [0.1, 0.15) is 6.61 Å². The lowest BCUT2D eigenvalue weighted by Gasteiger charge is -2.23. The van der Waals surface area contributed by atoms with Crippen molar-refractivity contribution in [2.45, 2.75) is 50.5 Å². The second-order valence-corrected chi connectivity index (χ2v) is 8.82. The number of rotatable bonds is 9. The van der Waals surface area contributed by atoms with E-state index in [1.165, 1.54) is 0 Å². The zero-order valence-corrected chi connectivity index (χ0v) is 18.6. The molecule has 2 aliphatic rings. The Bertz CT molecular complexity index is 970. The molecule has 7 nitrogen and oxygen atoms in total. The SMILES string of the molecule is O=C(O)CC(NC(=O)CCNC(=O)OCC1c2ccccc2-c2ccccc21)C1CCCC1. The van der Waals surface area contributed by atoms with Gasteiger partial charge in [0.15, 0.2) is 0 Å². The molecule has 3 N–H and O–H groups in total. The highest BCUT2D eigenvalue weighted by Crippen LogP contribution is 2.44. The molecule has 174 valence electrons. The molecular weight excluding hydrogens is 420 g/mol. The fraction of sp³-hybridized carbons (Fsp3) is 0.423. The van der Waals surface area contributed by atoms with Crippen LogP contribution in [-0.2, 0) is 14.3 Å². The Labute approximate surface area is 193 Å². The van der Waals surface area contributed by atoms with E-state index in [1.807, 2.05) is 24.3 Å². The van der Waals surface area contributed by atoms with Crippen molar-refractivity contribution in [2.75, 3.05) is 13.2 Å². The molecule has 7 heteroatoms. The number of carboxylic acid groups (broad SMARTS) is 1. The van der Waals surface area contributed by atoms with Crippen molar-refractivity contribution < 1.29 is 24.2 Å². The first kappa shape index (κ1) is 22.8. The number of fused-ring (bicyclic) bond motifs is 3. The van der Waals surface area contributed by atoms with Crippen LogP contribution in [0.5, 0.6) is 0 Å². The normalized spacial score (nSPS) is 16.0. The molecule has 1 saturated carbocycles. The lowest BCUT2D eigenvalue weighted by molar-refractivity contribution is -0.138. The zero-order valence-electron chi connectivity index (χ0n) is 18.6. The molecule has 0 aliphatic heterocycles.